The monoisotopic (exact) mass is 280 g/mol. The van der Waals surface area contributed by atoms with Gasteiger partial charge < -0.3 is 9.84 Å². The number of nitro groups is 1. The van der Waals surface area contributed by atoms with E-state index >= 15 is 0 Å². The minimum atomic E-state index is -0.693. The summed E-state index contributed by atoms with van der Waals surface area (Å²) in [7, 11) is 0. The molecule has 0 fully saturated rings. The van der Waals surface area contributed by atoms with Crippen molar-refractivity contribution in [2.24, 2.45) is 0 Å². The maximum absolute atomic E-state index is 11.5. The van der Waals surface area contributed by atoms with E-state index < -0.39 is 16.6 Å². The summed E-state index contributed by atoms with van der Waals surface area (Å²) in [6.45, 7) is 5.16. The molecule has 0 saturated carbocycles. The van der Waals surface area contributed by atoms with Gasteiger partial charge in [0.15, 0.2) is 0 Å². The van der Waals surface area contributed by atoms with Crippen LogP contribution in [-0.2, 0) is 4.74 Å². The summed E-state index contributed by atoms with van der Waals surface area (Å²) < 4.78 is 5.04. The summed E-state index contributed by atoms with van der Waals surface area (Å²) in [6.07, 6.45) is 1.30. The second kappa shape index (κ2) is 6.05. The Kier molecular flexibility index (Phi) is 4.68. The van der Waals surface area contributed by atoms with Crippen molar-refractivity contribution in [2.75, 3.05) is 5.32 Å². The predicted octanol–water partition coefficient (Wildman–Crippen LogP) is 2.99. The van der Waals surface area contributed by atoms with Gasteiger partial charge in [-0.05, 0) is 38.5 Å². The van der Waals surface area contributed by atoms with Crippen LogP contribution in [0, 0.1) is 10.1 Å². The first-order chi connectivity index (χ1) is 9.17. The van der Waals surface area contributed by atoms with Crippen LogP contribution in [0.2, 0.25) is 0 Å². The third-order valence-electron chi connectivity index (χ3n) is 2.05. The summed E-state index contributed by atoms with van der Waals surface area (Å²) >= 11 is 0. The smallest absolute Gasteiger partial charge is 0.412 e. The Bertz CT molecular complexity index is 546. The van der Waals surface area contributed by atoms with Crippen LogP contribution < -0.4 is 5.32 Å². The van der Waals surface area contributed by atoms with Gasteiger partial charge in [-0.1, -0.05) is 6.07 Å². The van der Waals surface area contributed by atoms with Crippen molar-refractivity contribution in [3.8, 4) is 5.75 Å². The lowest BCUT2D eigenvalue weighted by Gasteiger charge is -2.19. The molecular weight excluding hydrogens is 264 g/mol. The molecule has 0 aliphatic carbocycles. The molecule has 0 aromatic heterocycles. The van der Waals surface area contributed by atoms with E-state index in [9.17, 15) is 20.0 Å². The van der Waals surface area contributed by atoms with Gasteiger partial charge in [0.1, 0.15) is 11.4 Å². The van der Waals surface area contributed by atoms with Crippen LogP contribution in [-0.4, -0.2) is 21.7 Å². The van der Waals surface area contributed by atoms with E-state index in [4.69, 9.17) is 4.74 Å². The van der Waals surface area contributed by atoms with Crippen LogP contribution >= 0.6 is 0 Å². The second-order valence-electron chi connectivity index (χ2n) is 5.00. The molecule has 2 N–H and O–H groups in total. The first-order valence-electron chi connectivity index (χ1n) is 5.82. The van der Waals surface area contributed by atoms with E-state index in [0.717, 1.165) is 6.20 Å². The zero-order valence-electron chi connectivity index (χ0n) is 11.4. The third-order valence-corrected chi connectivity index (χ3v) is 2.05. The highest BCUT2D eigenvalue weighted by atomic mass is 16.6. The lowest BCUT2D eigenvalue weighted by atomic mass is 10.2. The molecule has 0 aliphatic heterocycles. The van der Waals surface area contributed by atoms with Crippen molar-refractivity contribution in [1.29, 1.82) is 0 Å². The first kappa shape index (κ1) is 15.5. The van der Waals surface area contributed by atoms with Crippen LogP contribution in [0.1, 0.15) is 26.3 Å². The van der Waals surface area contributed by atoms with E-state index in [1.165, 1.54) is 24.3 Å². The van der Waals surface area contributed by atoms with E-state index in [-0.39, 0.29) is 11.4 Å². The predicted molar refractivity (Wildman–Crippen MR) is 74.0 cm³/mol. The minimum Gasteiger partial charge on any atom is -0.506 e. The molecule has 1 aromatic carbocycles. The number of carbonyl (C=O) groups excluding carboxylic acids is 1. The number of hydrogen-bond donors (Lipinski definition) is 2. The zero-order valence-corrected chi connectivity index (χ0v) is 11.4. The van der Waals surface area contributed by atoms with E-state index in [0.29, 0.717) is 5.56 Å². The quantitative estimate of drug-likeness (QED) is 0.503. The number of aromatic hydroxyl groups is 1. The lowest BCUT2D eigenvalue weighted by Crippen LogP contribution is -2.27. The summed E-state index contributed by atoms with van der Waals surface area (Å²) in [5.41, 5.74) is -0.0416. The Morgan fingerprint density at radius 1 is 1.45 bits per heavy atom. The van der Waals surface area contributed by atoms with Crippen LogP contribution in [0.25, 0.3) is 6.08 Å². The maximum Gasteiger partial charge on any atom is 0.412 e. The number of carbonyl (C=O) groups is 1. The van der Waals surface area contributed by atoms with Crippen LogP contribution in [0.4, 0.5) is 10.5 Å². The second-order valence-corrected chi connectivity index (χ2v) is 5.00. The van der Waals surface area contributed by atoms with Crippen molar-refractivity contribution >= 4 is 17.9 Å². The van der Waals surface area contributed by atoms with Crippen LogP contribution in [0.5, 0.6) is 5.75 Å². The summed E-state index contributed by atoms with van der Waals surface area (Å²) in [5, 5.41) is 22.3. The van der Waals surface area contributed by atoms with E-state index in [1.807, 2.05) is 0 Å². The molecule has 1 rings (SSSR count). The van der Waals surface area contributed by atoms with Crippen molar-refractivity contribution in [3.63, 3.8) is 0 Å². The molecule has 7 nitrogen and oxygen atoms in total. The molecule has 0 saturated heterocycles. The number of ether oxygens (including phenoxy) is 1. The summed E-state index contributed by atoms with van der Waals surface area (Å²) in [5.74, 6) is -0.207. The molecule has 0 atom stereocenters. The van der Waals surface area contributed by atoms with Gasteiger partial charge in [-0.15, -0.1) is 0 Å². The number of phenolic OH excluding ortho intramolecular Hbond substituents is 1. The minimum absolute atomic E-state index is 0.164. The van der Waals surface area contributed by atoms with Gasteiger partial charge in [-0.2, -0.15) is 0 Å². The molecule has 0 radical (unpaired) electrons. The Balaban J connectivity index is 2.78. The maximum atomic E-state index is 11.5. The molecule has 0 heterocycles. The van der Waals surface area contributed by atoms with Gasteiger partial charge in [0, 0.05) is 6.08 Å². The number of hydrogen-bond acceptors (Lipinski definition) is 5. The number of anilines is 1. The zero-order chi connectivity index (χ0) is 15.3. The van der Waals surface area contributed by atoms with Crippen molar-refractivity contribution in [2.45, 2.75) is 26.4 Å². The number of amides is 1. The number of phenols is 1. The molecule has 108 valence electrons. The highest BCUT2D eigenvalue weighted by Crippen LogP contribution is 2.25. The Hall–Kier alpha value is -2.57. The van der Waals surface area contributed by atoms with Crippen LogP contribution in [0.15, 0.2) is 24.4 Å². The average Bonchev–Trinajstić information content (AvgIpc) is 2.27. The standard InChI is InChI=1S/C13H16N2O5/c1-13(2,3)20-12(17)14-10-5-4-9(8-11(10)16)6-7-15(18)19/h4-8,16H,1-3H3,(H,14,17)/b7-6+. The molecule has 0 spiro atoms. The number of benzene rings is 1. The van der Waals surface area contributed by atoms with Gasteiger partial charge in [0.25, 0.3) is 0 Å². The average molecular weight is 280 g/mol. The SMILES string of the molecule is CC(C)(C)OC(=O)Nc1ccc(/C=C/[N+](=O)[O-])cc1O. The fourth-order valence-electron chi connectivity index (χ4n) is 1.32. The highest BCUT2D eigenvalue weighted by molar-refractivity contribution is 5.87. The van der Waals surface area contributed by atoms with Gasteiger partial charge in [0.05, 0.1) is 10.6 Å². The Morgan fingerprint density at radius 2 is 2.10 bits per heavy atom. The Morgan fingerprint density at radius 3 is 2.60 bits per heavy atom. The summed E-state index contributed by atoms with van der Waals surface area (Å²) in [4.78, 5) is 21.1. The van der Waals surface area contributed by atoms with Crippen molar-refractivity contribution in [1.82, 2.24) is 0 Å². The molecular formula is C13H16N2O5. The number of nitrogens with one attached hydrogen (secondary N) is 1. The Labute approximate surface area is 116 Å². The van der Waals surface area contributed by atoms with E-state index in [1.54, 1.807) is 20.8 Å². The first-order valence-corrected chi connectivity index (χ1v) is 5.82. The van der Waals surface area contributed by atoms with Crippen LogP contribution in [0.3, 0.4) is 0 Å². The molecule has 7 heteroatoms. The molecule has 20 heavy (non-hydrogen) atoms. The molecule has 0 unspecified atom stereocenters. The van der Waals surface area contributed by atoms with Crippen molar-refractivity contribution in [3.05, 3.63) is 40.1 Å². The lowest BCUT2D eigenvalue weighted by molar-refractivity contribution is -0.400. The summed E-state index contributed by atoms with van der Waals surface area (Å²) in [6, 6.07) is 4.25. The number of nitrogens with zero attached hydrogens (tertiary/aromatic N) is 1. The van der Waals surface area contributed by atoms with Gasteiger partial charge in [-0.25, -0.2) is 4.79 Å². The van der Waals surface area contributed by atoms with Crippen molar-refractivity contribution < 1.29 is 19.6 Å². The number of rotatable bonds is 3. The molecule has 0 bridgehead atoms. The highest BCUT2D eigenvalue weighted by Gasteiger charge is 2.17. The molecule has 1 amide bonds. The van der Waals surface area contributed by atoms with Gasteiger partial charge in [0.2, 0.25) is 6.20 Å². The normalized spacial score (nSPS) is 11.3. The topological polar surface area (TPSA) is 102 Å². The molecule has 1 aromatic rings. The fraction of sp³-hybridized carbons (Fsp3) is 0.308. The molecule has 0 aliphatic rings. The third kappa shape index (κ3) is 5.38. The van der Waals surface area contributed by atoms with Gasteiger partial charge >= 0.3 is 6.09 Å². The fourth-order valence-corrected chi connectivity index (χ4v) is 1.32. The largest absolute Gasteiger partial charge is 0.506 e. The van der Waals surface area contributed by atoms with E-state index in [2.05, 4.69) is 5.32 Å². The van der Waals surface area contributed by atoms with Gasteiger partial charge in [-0.3, -0.25) is 15.4 Å².